The summed E-state index contributed by atoms with van der Waals surface area (Å²) in [6.45, 7) is 3.84. The number of aromatic amines is 1. The molecule has 2 heterocycles. The van der Waals surface area contributed by atoms with Gasteiger partial charge in [-0.05, 0) is 14.0 Å². The molecule has 0 aromatic carbocycles. The zero-order valence-electron chi connectivity index (χ0n) is 9.42. The third-order valence-corrected chi connectivity index (χ3v) is 4.80. The Labute approximate surface area is 95.3 Å². The quantitative estimate of drug-likeness (QED) is 0.778. The van der Waals surface area contributed by atoms with E-state index in [2.05, 4.69) is 14.9 Å². The molecule has 1 unspecified atom stereocenters. The molecular weight excluding hydrogens is 228 g/mol. The van der Waals surface area contributed by atoms with Gasteiger partial charge in [0, 0.05) is 25.7 Å². The van der Waals surface area contributed by atoms with Gasteiger partial charge in [-0.15, -0.1) is 0 Å². The summed E-state index contributed by atoms with van der Waals surface area (Å²) < 4.78 is 25.8. The minimum atomic E-state index is -3.39. The van der Waals surface area contributed by atoms with Crippen molar-refractivity contribution in [2.24, 2.45) is 0 Å². The van der Waals surface area contributed by atoms with E-state index in [9.17, 15) is 8.42 Å². The topological polar surface area (TPSA) is 69.3 Å². The minimum Gasteiger partial charge on any atom is -0.335 e. The second-order valence-electron chi connectivity index (χ2n) is 4.11. The van der Waals surface area contributed by atoms with Crippen molar-refractivity contribution in [3.05, 3.63) is 12.5 Å². The molecule has 0 spiro atoms. The van der Waals surface area contributed by atoms with Crippen molar-refractivity contribution in [3.8, 4) is 0 Å². The number of hydrogen-bond acceptors (Lipinski definition) is 4. The molecule has 1 atom stereocenters. The lowest BCUT2D eigenvalue weighted by Gasteiger charge is -2.36. The molecule has 0 aliphatic carbocycles. The van der Waals surface area contributed by atoms with Crippen LogP contribution in [-0.2, 0) is 10.0 Å². The van der Waals surface area contributed by atoms with Gasteiger partial charge in [-0.25, -0.2) is 13.4 Å². The predicted octanol–water partition coefficient (Wildman–Crippen LogP) is -0.266. The molecule has 90 valence electrons. The van der Waals surface area contributed by atoms with Crippen LogP contribution in [0.3, 0.4) is 0 Å². The first-order valence-corrected chi connectivity index (χ1v) is 6.64. The highest BCUT2D eigenvalue weighted by Gasteiger charge is 2.31. The lowest BCUT2D eigenvalue weighted by molar-refractivity contribution is 0.159. The summed E-state index contributed by atoms with van der Waals surface area (Å²) in [5, 5.41) is 0.171. The molecule has 0 radical (unpaired) electrons. The standard InChI is InChI=1S/C9H16N4O2S/c1-8-6-13(4-3-12(8)2)16(14,15)9-5-10-7-11-9/h5,7-8H,3-4,6H2,1-2H3,(H,10,11). The van der Waals surface area contributed by atoms with Crippen molar-refractivity contribution in [2.45, 2.75) is 18.0 Å². The Morgan fingerprint density at radius 2 is 2.25 bits per heavy atom. The predicted molar refractivity (Wildman–Crippen MR) is 59.4 cm³/mol. The molecule has 2 rings (SSSR count). The van der Waals surface area contributed by atoms with Gasteiger partial charge < -0.3 is 9.88 Å². The van der Waals surface area contributed by atoms with Crippen LogP contribution in [-0.4, -0.2) is 60.3 Å². The molecular formula is C9H16N4O2S. The van der Waals surface area contributed by atoms with E-state index in [1.807, 2.05) is 14.0 Å². The number of rotatable bonds is 2. The molecule has 0 bridgehead atoms. The van der Waals surface area contributed by atoms with E-state index in [0.717, 1.165) is 6.54 Å². The maximum absolute atomic E-state index is 12.1. The molecule has 0 amide bonds. The molecule has 6 nitrogen and oxygen atoms in total. The summed E-state index contributed by atoms with van der Waals surface area (Å²) in [5.74, 6) is 0. The number of nitrogens with one attached hydrogen (secondary N) is 1. The highest BCUT2D eigenvalue weighted by atomic mass is 32.2. The monoisotopic (exact) mass is 244 g/mol. The first kappa shape index (κ1) is 11.6. The van der Waals surface area contributed by atoms with Crippen molar-refractivity contribution in [3.63, 3.8) is 0 Å². The molecule has 7 heteroatoms. The second kappa shape index (κ2) is 4.15. The first-order chi connectivity index (χ1) is 7.51. The molecule has 1 aromatic heterocycles. The number of piperazine rings is 1. The van der Waals surface area contributed by atoms with Crippen molar-refractivity contribution in [1.82, 2.24) is 19.2 Å². The third kappa shape index (κ3) is 1.98. The average molecular weight is 244 g/mol. The van der Waals surface area contributed by atoms with Gasteiger partial charge >= 0.3 is 0 Å². The molecule has 1 aliphatic rings. The Morgan fingerprint density at radius 3 is 2.81 bits per heavy atom. The summed E-state index contributed by atoms with van der Waals surface area (Å²) in [6.07, 6.45) is 2.73. The van der Waals surface area contributed by atoms with Crippen LogP contribution in [0, 0.1) is 0 Å². The second-order valence-corrected chi connectivity index (χ2v) is 6.01. The normalized spacial score (nSPS) is 24.8. The van der Waals surface area contributed by atoms with Gasteiger partial charge in [-0.1, -0.05) is 0 Å². The minimum absolute atomic E-state index is 0.171. The Kier molecular flexibility index (Phi) is 3.00. The van der Waals surface area contributed by atoms with Gasteiger partial charge in [0.2, 0.25) is 0 Å². The van der Waals surface area contributed by atoms with Crippen LogP contribution in [0.5, 0.6) is 0 Å². The Bertz CT molecular complexity index is 442. The number of hydrogen-bond donors (Lipinski definition) is 1. The Hall–Kier alpha value is -0.920. The number of nitrogens with zero attached hydrogens (tertiary/aromatic N) is 3. The van der Waals surface area contributed by atoms with E-state index in [0.29, 0.717) is 13.1 Å². The summed E-state index contributed by atoms with van der Waals surface area (Å²) in [7, 11) is -1.38. The van der Waals surface area contributed by atoms with Gasteiger partial charge in [0.25, 0.3) is 10.0 Å². The maximum atomic E-state index is 12.1. The van der Waals surface area contributed by atoms with Crippen LogP contribution >= 0.6 is 0 Å². The van der Waals surface area contributed by atoms with Crippen molar-refractivity contribution < 1.29 is 8.42 Å². The molecule has 16 heavy (non-hydrogen) atoms. The summed E-state index contributed by atoms with van der Waals surface area (Å²) in [5.41, 5.74) is 0. The van der Waals surface area contributed by atoms with E-state index in [1.54, 1.807) is 0 Å². The Morgan fingerprint density at radius 1 is 1.50 bits per heavy atom. The Balaban J connectivity index is 2.20. The molecule has 0 saturated carbocycles. The number of sulfonamides is 1. The van der Waals surface area contributed by atoms with Gasteiger partial charge in [-0.2, -0.15) is 4.31 Å². The smallest absolute Gasteiger partial charge is 0.260 e. The van der Waals surface area contributed by atoms with Crippen LogP contribution < -0.4 is 0 Å². The fourth-order valence-electron chi connectivity index (χ4n) is 1.76. The highest BCUT2D eigenvalue weighted by molar-refractivity contribution is 7.89. The van der Waals surface area contributed by atoms with E-state index >= 15 is 0 Å². The molecule has 1 aliphatic heterocycles. The van der Waals surface area contributed by atoms with Gasteiger partial charge in [0.15, 0.2) is 5.03 Å². The van der Waals surface area contributed by atoms with Crippen LogP contribution in [0.2, 0.25) is 0 Å². The van der Waals surface area contributed by atoms with E-state index < -0.39 is 10.0 Å². The van der Waals surface area contributed by atoms with Crippen LogP contribution in [0.1, 0.15) is 6.92 Å². The zero-order chi connectivity index (χ0) is 11.8. The van der Waals surface area contributed by atoms with Crippen LogP contribution in [0.25, 0.3) is 0 Å². The summed E-state index contributed by atoms with van der Waals surface area (Å²) in [6, 6.07) is 0.242. The zero-order valence-corrected chi connectivity index (χ0v) is 10.2. The van der Waals surface area contributed by atoms with Gasteiger partial charge in [0.05, 0.1) is 12.5 Å². The number of likely N-dealkylation sites (N-methyl/N-ethyl adjacent to an activating group) is 1. The molecule has 1 fully saturated rings. The average Bonchev–Trinajstić information content (AvgIpc) is 2.75. The first-order valence-electron chi connectivity index (χ1n) is 5.20. The lowest BCUT2D eigenvalue weighted by atomic mass is 10.2. The number of imidazole rings is 1. The third-order valence-electron chi connectivity index (χ3n) is 3.01. The maximum Gasteiger partial charge on any atom is 0.260 e. The summed E-state index contributed by atoms with van der Waals surface area (Å²) >= 11 is 0. The lowest BCUT2D eigenvalue weighted by Crippen LogP contribution is -2.51. The fraction of sp³-hybridized carbons (Fsp3) is 0.667. The SMILES string of the molecule is CC1CN(S(=O)(=O)c2cnc[nH]2)CCN1C. The number of H-pyrrole nitrogens is 1. The largest absolute Gasteiger partial charge is 0.335 e. The van der Waals surface area contributed by atoms with Crippen molar-refractivity contribution in [1.29, 1.82) is 0 Å². The van der Waals surface area contributed by atoms with Crippen molar-refractivity contribution in [2.75, 3.05) is 26.7 Å². The van der Waals surface area contributed by atoms with E-state index in [1.165, 1.54) is 16.8 Å². The molecule has 1 saturated heterocycles. The van der Waals surface area contributed by atoms with Crippen LogP contribution in [0.15, 0.2) is 17.6 Å². The summed E-state index contributed by atoms with van der Waals surface area (Å²) in [4.78, 5) is 8.54. The van der Waals surface area contributed by atoms with E-state index in [4.69, 9.17) is 0 Å². The van der Waals surface area contributed by atoms with Crippen molar-refractivity contribution >= 4 is 10.0 Å². The fourth-order valence-corrected chi connectivity index (χ4v) is 3.16. The van der Waals surface area contributed by atoms with Gasteiger partial charge in [0.1, 0.15) is 0 Å². The molecule has 1 N–H and O–H groups in total. The van der Waals surface area contributed by atoms with Gasteiger partial charge in [-0.3, -0.25) is 0 Å². The highest BCUT2D eigenvalue weighted by Crippen LogP contribution is 2.16. The molecule has 1 aromatic rings. The number of aromatic nitrogens is 2. The van der Waals surface area contributed by atoms with Crippen LogP contribution in [0.4, 0.5) is 0 Å². The van der Waals surface area contributed by atoms with E-state index in [-0.39, 0.29) is 11.1 Å².